The topological polar surface area (TPSA) is 65.1 Å². The summed E-state index contributed by atoms with van der Waals surface area (Å²) in [4.78, 5) is 30.2. The zero-order valence-corrected chi connectivity index (χ0v) is 15.7. The predicted molar refractivity (Wildman–Crippen MR) is 102 cm³/mol. The molecule has 1 spiro atoms. The van der Waals surface area contributed by atoms with Crippen LogP contribution in [0.4, 0.5) is 0 Å². The molecule has 27 heavy (non-hydrogen) atoms. The summed E-state index contributed by atoms with van der Waals surface area (Å²) in [5, 5.41) is 0. The average Bonchev–Trinajstić information content (AvgIpc) is 3.13. The summed E-state index contributed by atoms with van der Waals surface area (Å²) in [6, 6.07) is 4.13. The highest BCUT2D eigenvalue weighted by Gasteiger charge is 2.50. The SMILES string of the molecule is O=C(C1CCC1)N1CCc2[nH]cnc2C12CCN(Cc1cccnc1)CC2. The number of carbonyl (C=O) groups excluding carboxylic acids is 1. The van der Waals surface area contributed by atoms with Crippen molar-refractivity contribution >= 4 is 5.91 Å². The van der Waals surface area contributed by atoms with Gasteiger partial charge in [-0.25, -0.2) is 4.98 Å². The third kappa shape index (κ3) is 2.87. The third-order valence-electron chi connectivity index (χ3n) is 6.79. The van der Waals surface area contributed by atoms with E-state index in [1.165, 1.54) is 17.7 Å². The van der Waals surface area contributed by atoms with Gasteiger partial charge in [0.05, 0.1) is 17.6 Å². The molecule has 0 unspecified atom stereocenters. The van der Waals surface area contributed by atoms with Gasteiger partial charge in [0.15, 0.2) is 0 Å². The number of piperidine rings is 1. The van der Waals surface area contributed by atoms with Crippen molar-refractivity contribution in [3.05, 3.63) is 47.8 Å². The maximum Gasteiger partial charge on any atom is 0.226 e. The van der Waals surface area contributed by atoms with E-state index in [0.29, 0.717) is 5.91 Å². The van der Waals surface area contributed by atoms with E-state index in [2.05, 4.69) is 25.8 Å². The third-order valence-corrected chi connectivity index (χ3v) is 6.79. The lowest BCUT2D eigenvalue weighted by atomic mass is 9.76. The molecule has 1 saturated carbocycles. The van der Waals surface area contributed by atoms with E-state index in [1.54, 1.807) is 0 Å². The Hall–Kier alpha value is -2.21. The molecule has 1 aliphatic carbocycles. The molecule has 2 fully saturated rings. The van der Waals surface area contributed by atoms with Crippen LogP contribution in [-0.4, -0.2) is 50.3 Å². The number of pyridine rings is 1. The lowest BCUT2D eigenvalue weighted by Crippen LogP contribution is -2.59. The zero-order valence-electron chi connectivity index (χ0n) is 15.7. The Labute approximate surface area is 160 Å². The van der Waals surface area contributed by atoms with Gasteiger partial charge in [0.2, 0.25) is 5.91 Å². The lowest BCUT2D eigenvalue weighted by Gasteiger charge is -2.52. The first-order chi connectivity index (χ1) is 13.3. The van der Waals surface area contributed by atoms with Crippen molar-refractivity contribution in [2.24, 2.45) is 5.92 Å². The largest absolute Gasteiger partial charge is 0.348 e. The summed E-state index contributed by atoms with van der Waals surface area (Å²) >= 11 is 0. The normalized spacial score (nSPS) is 22.4. The molecule has 1 amide bonds. The van der Waals surface area contributed by atoms with Gasteiger partial charge in [-0.15, -0.1) is 0 Å². The number of nitrogens with one attached hydrogen (secondary N) is 1. The molecule has 0 radical (unpaired) electrons. The van der Waals surface area contributed by atoms with Crippen LogP contribution in [-0.2, 0) is 23.3 Å². The van der Waals surface area contributed by atoms with E-state index in [-0.39, 0.29) is 11.5 Å². The van der Waals surface area contributed by atoms with Gasteiger partial charge in [-0.05, 0) is 37.3 Å². The molecule has 2 aromatic heterocycles. The van der Waals surface area contributed by atoms with Gasteiger partial charge in [-0.1, -0.05) is 12.5 Å². The van der Waals surface area contributed by atoms with Crippen LogP contribution in [0, 0.1) is 5.92 Å². The van der Waals surface area contributed by atoms with Crippen molar-refractivity contribution < 1.29 is 4.79 Å². The smallest absolute Gasteiger partial charge is 0.226 e. The minimum Gasteiger partial charge on any atom is -0.348 e. The first-order valence-electron chi connectivity index (χ1n) is 10.2. The van der Waals surface area contributed by atoms with E-state index in [4.69, 9.17) is 4.98 Å². The molecule has 5 rings (SSSR count). The summed E-state index contributed by atoms with van der Waals surface area (Å²) in [5.74, 6) is 0.617. The zero-order chi connectivity index (χ0) is 18.3. The Morgan fingerprint density at radius 3 is 2.81 bits per heavy atom. The number of amides is 1. The van der Waals surface area contributed by atoms with Crippen LogP contribution in [0.2, 0.25) is 0 Å². The second-order valence-corrected chi connectivity index (χ2v) is 8.27. The van der Waals surface area contributed by atoms with Gasteiger partial charge < -0.3 is 9.88 Å². The van der Waals surface area contributed by atoms with E-state index >= 15 is 0 Å². The van der Waals surface area contributed by atoms with E-state index in [9.17, 15) is 4.79 Å². The second-order valence-electron chi connectivity index (χ2n) is 8.27. The number of nitrogens with zero attached hydrogens (tertiary/aromatic N) is 4. The Morgan fingerprint density at radius 1 is 1.26 bits per heavy atom. The number of likely N-dealkylation sites (tertiary alicyclic amines) is 1. The number of fused-ring (bicyclic) bond motifs is 2. The summed E-state index contributed by atoms with van der Waals surface area (Å²) in [6.45, 7) is 3.71. The fraction of sp³-hybridized carbons (Fsp3) is 0.571. The van der Waals surface area contributed by atoms with E-state index < -0.39 is 0 Å². The highest BCUT2D eigenvalue weighted by molar-refractivity contribution is 5.81. The highest BCUT2D eigenvalue weighted by atomic mass is 16.2. The van der Waals surface area contributed by atoms with E-state index in [1.807, 2.05) is 24.8 Å². The minimum absolute atomic E-state index is 0.217. The molecule has 3 aliphatic rings. The lowest BCUT2D eigenvalue weighted by molar-refractivity contribution is -0.149. The second kappa shape index (κ2) is 6.75. The van der Waals surface area contributed by atoms with Crippen molar-refractivity contribution in [2.75, 3.05) is 19.6 Å². The van der Waals surface area contributed by atoms with Crippen LogP contribution < -0.4 is 0 Å². The number of H-pyrrole nitrogens is 1. The molecule has 2 aromatic rings. The van der Waals surface area contributed by atoms with Crippen LogP contribution >= 0.6 is 0 Å². The average molecular weight is 365 g/mol. The van der Waals surface area contributed by atoms with E-state index in [0.717, 1.165) is 64.0 Å². The van der Waals surface area contributed by atoms with Gasteiger partial charge in [-0.2, -0.15) is 0 Å². The molecule has 0 atom stereocenters. The highest BCUT2D eigenvalue weighted by Crippen LogP contribution is 2.44. The number of hydrogen-bond acceptors (Lipinski definition) is 4. The van der Waals surface area contributed by atoms with Crippen LogP contribution in [0.3, 0.4) is 0 Å². The molecular weight excluding hydrogens is 338 g/mol. The molecule has 6 nitrogen and oxygen atoms in total. The standard InChI is InChI=1S/C21H27N5O/c27-20(17-4-1-5-17)26-10-6-18-19(24-15-23-18)21(26)7-11-25(12-8-21)14-16-3-2-9-22-13-16/h2-3,9,13,15,17H,1,4-8,10-12,14H2,(H,23,24). The molecule has 1 saturated heterocycles. The molecule has 0 aromatic carbocycles. The van der Waals surface area contributed by atoms with Gasteiger partial charge in [-0.3, -0.25) is 14.7 Å². The van der Waals surface area contributed by atoms with Gasteiger partial charge in [0.1, 0.15) is 0 Å². The number of aromatic nitrogens is 3. The molecule has 4 heterocycles. The quantitative estimate of drug-likeness (QED) is 0.908. The number of aromatic amines is 1. The van der Waals surface area contributed by atoms with Gasteiger partial charge in [0.25, 0.3) is 0 Å². The van der Waals surface area contributed by atoms with Crippen LogP contribution in [0.25, 0.3) is 0 Å². The van der Waals surface area contributed by atoms with Crippen molar-refractivity contribution in [1.82, 2.24) is 24.8 Å². The Morgan fingerprint density at radius 2 is 2.11 bits per heavy atom. The first kappa shape index (κ1) is 16.9. The van der Waals surface area contributed by atoms with Crippen LogP contribution in [0.1, 0.15) is 49.1 Å². The number of hydrogen-bond donors (Lipinski definition) is 1. The maximum atomic E-state index is 13.2. The first-order valence-corrected chi connectivity index (χ1v) is 10.2. The molecule has 0 bridgehead atoms. The van der Waals surface area contributed by atoms with Crippen LogP contribution in [0.15, 0.2) is 30.9 Å². The maximum absolute atomic E-state index is 13.2. The number of rotatable bonds is 3. The van der Waals surface area contributed by atoms with Gasteiger partial charge in [0, 0.05) is 56.6 Å². The fourth-order valence-corrected chi connectivity index (χ4v) is 5.01. The molecule has 142 valence electrons. The molecule has 2 aliphatic heterocycles. The summed E-state index contributed by atoms with van der Waals surface area (Å²) < 4.78 is 0. The summed E-state index contributed by atoms with van der Waals surface area (Å²) in [6.07, 6.45) is 11.7. The Balaban J connectivity index is 1.38. The molecule has 1 N–H and O–H groups in total. The summed E-state index contributed by atoms with van der Waals surface area (Å²) in [5.41, 5.74) is 3.39. The number of imidazole rings is 1. The van der Waals surface area contributed by atoms with Crippen molar-refractivity contribution in [3.63, 3.8) is 0 Å². The molecular formula is C21H27N5O. The van der Waals surface area contributed by atoms with Crippen molar-refractivity contribution in [1.29, 1.82) is 0 Å². The van der Waals surface area contributed by atoms with Crippen LogP contribution in [0.5, 0.6) is 0 Å². The van der Waals surface area contributed by atoms with Gasteiger partial charge >= 0.3 is 0 Å². The molecule has 6 heteroatoms. The Kier molecular flexibility index (Phi) is 4.23. The number of carbonyl (C=O) groups is 1. The summed E-state index contributed by atoms with van der Waals surface area (Å²) in [7, 11) is 0. The predicted octanol–water partition coefficient (Wildman–Crippen LogP) is 2.48. The van der Waals surface area contributed by atoms with Crippen molar-refractivity contribution in [3.8, 4) is 0 Å². The van der Waals surface area contributed by atoms with Crippen molar-refractivity contribution in [2.45, 2.75) is 50.6 Å². The fourth-order valence-electron chi connectivity index (χ4n) is 5.01. The Bertz CT molecular complexity index is 805. The minimum atomic E-state index is -0.217. The monoisotopic (exact) mass is 365 g/mol.